The molecular formula is C30H28ClN3O3. The van der Waals surface area contributed by atoms with Crippen molar-refractivity contribution in [3.05, 3.63) is 107 Å². The van der Waals surface area contributed by atoms with Crippen LogP contribution in [0.4, 0.5) is 5.69 Å². The Balaban J connectivity index is 1.12. The number of fused-ring (bicyclic) bond motifs is 1. The third-order valence-corrected chi connectivity index (χ3v) is 5.92. The van der Waals surface area contributed by atoms with Crippen LogP contribution in [0, 0.1) is 0 Å². The SMILES string of the molecule is O=C(COc1ccc(C(=O)/C=C/c2ccccc2)cc1)NCCCCNc1ccnc2cc(Cl)ccc12. The third kappa shape index (κ3) is 7.92. The highest BCUT2D eigenvalue weighted by Crippen LogP contribution is 2.24. The van der Waals surface area contributed by atoms with Gasteiger partial charge in [0.2, 0.25) is 0 Å². The van der Waals surface area contributed by atoms with E-state index in [1.807, 2.05) is 54.6 Å². The molecule has 1 amide bonds. The van der Waals surface area contributed by atoms with E-state index in [4.69, 9.17) is 16.3 Å². The van der Waals surface area contributed by atoms with E-state index in [9.17, 15) is 9.59 Å². The van der Waals surface area contributed by atoms with Crippen molar-refractivity contribution in [1.29, 1.82) is 0 Å². The number of allylic oxidation sites excluding steroid dienone is 1. The number of halogens is 1. The molecule has 0 unspecified atom stereocenters. The molecule has 0 atom stereocenters. The molecule has 0 aliphatic carbocycles. The number of aromatic nitrogens is 1. The monoisotopic (exact) mass is 513 g/mol. The Bertz CT molecular complexity index is 1370. The summed E-state index contributed by atoms with van der Waals surface area (Å²) in [5.74, 6) is 0.258. The van der Waals surface area contributed by atoms with Gasteiger partial charge >= 0.3 is 0 Å². The average Bonchev–Trinajstić information content (AvgIpc) is 2.93. The Morgan fingerprint density at radius 3 is 2.51 bits per heavy atom. The van der Waals surface area contributed by atoms with E-state index in [2.05, 4.69) is 15.6 Å². The van der Waals surface area contributed by atoms with Gasteiger partial charge in [0.1, 0.15) is 5.75 Å². The Kier molecular flexibility index (Phi) is 9.27. The molecule has 0 aliphatic rings. The molecule has 0 radical (unpaired) electrons. The van der Waals surface area contributed by atoms with Crippen molar-refractivity contribution in [2.45, 2.75) is 12.8 Å². The molecule has 0 bridgehead atoms. The smallest absolute Gasteiger partial charge is 0.257 e. The highest BCUT2D eigenvalue weighted by atomic mass is 35.5. The minimum Gasteiger partial charge on any atom is -0.484 e. The summed E-state index contributed by atoms with van der Waals surface area (Å²) < 4.78 is 5.55. The number of nitrogens with one attached hydrogen (secondary N) is 2. The Morgan fingerprint density at radius 2 is 1.70 bits per heavy atom. The zero-order valence-corrected chi connectivity index (χ0v) is 21.1. The summed E-state index contributed by atoms with van der Waals surface area (Å²) in [6.07, 6.45) is 6.82. The lowest BCUT2D eigenvalue weighted by atomic mass is 10.1. The van der Waals surface area contributed by atoms with E-state index in [0.29, 0.717) is 22.9 Å². The largest absolute Gasteiger partial charge is 0.484 e. The number of unbranched alkanes of at least 4 members (excludes halogenated alkanes) is 1. The van der Waals surface area contributed by atoms with Crippen LogP contribution in [-0.2, 0) is 4.79 Å². The standard InChI is InChI=1S/C30H28ClN3O3/c31-24-11-14-26-27(16-19-33-28(26)20-24)32-17-4-5-18-34-30(36)21-37-25-12-9-23(10-13-25)29(35)15-8-22-6-2-1-3-7-22/h1-3,6-16,19-20H,4-5,17-18,21H2,(H,32,33)(H,34,36)/b15-8+. The van der Waals surface area contributed by atoms with E-state index in [1.54, 1.807) is 42.6 Å². The van der Waals surface area contributed by atoms with Crippen molar-refractivity contribution in [3.8, 4) is 5.75 Å². The van der Waals surface area contributed by atoms with Gasteiger partial charge in [-0.25, -0.2) is 0 Å². The fourth-order valence-electron chi connectivity index (χ4n) is 3.72. The molecule has 7 heteroatoms. The van der Waals surface area contributed by atoms with Gasteiger partial charge in [0.05, 0.1) is 5.52 Å². The maximum absolute atomic E-state index is 12.3. The van der Waals surface area contributed by atoms with Crippen LogP contribution in [0.2, 0.25) is 5.02 Å². The minimum absolute atomic E-state index is 0.0784. The number of carbonyl (C=O) groups is 2. The summed E-state index contributed by atoms with van der Waals surface area (Å²) in [6, 6.07) is 24.0. The molecule has 6 nitrogen and oxygen atoms in total. The number of hydrogen-bond acceptors (Lipinski definition) is 5. The van der Waals surface area contributed by atoms with Crippen molar-refractivity contribution < 1.29 is 14.3 Å². The van der Waals surface area contributed by atoms with Gasteiger partial charge in [0.15, 0.2) is 12.4 Å². The molecule has 1 aromatic heterocycles. The number of benzene rings is 3. The zero-order valence-electron chi connectivity index (χ0n) is 20.3. The summed E-state index contributed by atoms with van der Waals surface area (Å²) in [4.78, 5) is 28.8. The number of ether oxygens (including phenoxy) is 1. The van der Waals surface area contributed by atoms with E-state index >= 15 is 0 Å². The molecule has 188 valence electrons. The third-order valence-electron chi connectivity index (χ3n) is 5.68. The van der Waals surface area contributed by atoms with Gasteiger partial charge in [-0.3, -0.25) is 14.6 Å². The first kappa shape index (κ1) is 25.9. The number of anilines is 1. The number of ketones is 1. The van der Waals surface area contributed by atoms with Crippen LogP contribution in [0.1, 0.15) is 28.8 Å². The first-order chi connectivity index (χ1) is 18.1. The van der Waals surface area contributed by atoms with E-state index in [0.717, 1.165) is 41.5 Å². The molecule has 0 saturated carbocycles. The van der Waals surface area contributed by atoms with E-state index < -0.39 is 0 Å². The lowest BCUT2D eigenvalue weighted by molar-refractivity contribution is -0.123. The molecule has 0 fully saturated rings. The summed E-state index contributed by atoms with van der Waals surface area (Å²) in [7, 11) is 0. The predicted molar refractivity (Wildman–Crippen MR) is 149 cm³/mol. The second kappa shape index (κ2) is 13.2. The quantitative estimate of drug-likeness (QED) is 0.134. The maximum Gasteiger partial charge on any atom is 0.257 e. The predicted octanol–water partition coefficient (Wildman–Crippen LogP) is 6.17. The second-order valence-corrected chi connectivity index (χ2v) is 8.86. The summed E-state index contributed by atoms with van der Waals surface area (Å²) in [5.41, 5.74) is 3.39. The summed E-state index contributed by atoms with van der Waals surface area (Å²) >= 11 is 6.04. The molecule has 0 spiro atoms. The molecular weight excluding hydrogens is 486 g/mol. The Hall–Kier alpha value is -4.16. The Morgan fingerprint density at radius 1 is 0.919 bits per heavy atom. The molecule has 3 aromatic carbocycles. The van der Waals surface area contributed by atoms with Gasteiger partial charge < -0.3 is 15.4 Å². The van der Waals surface area contributed by atoms with Crippen molar-refractivity contribution >= 4 is 46.0 Å². The van der Waals surface area contributed by atoms with Crippen molar-refractivity contribution in [2.75, 3.05) is 25.0 Å². The van der Waals surface area contributed by atoms with Crippen LogP contribution in [0.5, 0.6) is 5.75 Å². The zero-order chi connectivity index (χ0) is 25.9. The van der Waals surface area contributed by atoms with Crippen molar-refractivity contribution in [1.82, 2.24) is 10.3 Å². The topological polar surface area (TPSA) is 80.3 Å². The van der Waals surface area contributed by atoms with Crippen molar-refractivity contribution in [3.63, 3.8) is 0 Å². The summed E-state index contributed by atoms with van der Waals surface area (Å²) in [5, 5.41) is 7.98. The molecule has 0 aliphatic heterocycles. The van der Waals surface area contributed by atoms with Crippen LogP contribution in [0.15, 0.2) is 91.1 Å². The number of hydrogen-bond donors (Lipinski definition) is 2. The number of nitrogens with zero attached hydrogens (tertiary/aromatic N) is 1. The maximum atomic E-state index is 12.3. The number of carbonyl (C=O) groups excluding carboxylic acids is 2. The molecule has 2 N–H and O–H groups in total. The van der Waals surface area contributed by atoms with Gasteiger partial charge in [-0.05, 0) is 73.0 Å². The highest BCUT2D eigenvalue weighted by molar-refractivity contribution is 6.31. The molecule has 37 heavy (non-hydrogen) atoms. The average molecular weight is 514 g/mol. The van der Waals surface area contributed by atoms with E-state index in [-0.39, 0.29) is 18.3 Å². The van der Waals surface area contributed by atoms with Crippen LogP contribution in [0.25, 0.3) is 17.0 Å². The number of amides is 1. The molecule has 4 rings (SSSR count). The van der Waals surface area contributed by atoms with Crippen molar-refractivity contribution in [2.24, 2.45) is 0 Å². The van der Waals surface area contributed by atoms with Gasteiger partial charge in [-0.2, -0.15) is 0 Å². The van der Waals surface area contributed by atoms with Gasteiger partial charge in [-0.15, -0.1) is 0 Å². The lowest BCUT2D eigenvalue weighted by Gasteiger charge is -2.10. The molecule has 0 saturated heterocycles. The number of pyridine rings is 1. The van der Waals surface area contributed by atoms with Crippen LogP contribution in [0.3, 0.4) is 0 Å². The van der Waals surface area contributed by atoms with Gasteiger partial charge in [0, 0.05) is 40.9 Å². The minimum atomic E-state index is -0.184. The van der Waals surface area contributed by atoms with Crippen LogP contribution >= 0.6 is 11.6 Å². The summed E-state index contributed by atoms with van der Waals surface area (Å²) in [6.45, 7) is 1.27. The van der Waals surface area contributed by atoms with E-state index in [1.165, 1.54) is 0 Å². The first-order valence-electron chi connectivity index (χ1n) is 12.1. The normalized spacial score (nSPS) is 10.9. The fraction of sp³-hybridized carbons (Fsp3) is 0.167. The van der Waals surface area contributed by atoms with Crippen LogP contribution < -0.4 is 15.4 Å². The van der Waals surface area contributed by atoms with Crippen LogP contribution in [-0.4, -0.2) is 36.4 Å². The Labute approximate surface area is 221 Å². The molecule has 4 aromatic rings. The first-order valence-corrected chi connectivity index (χ1v) is 12.5. The van der Waals surface area contributed by atoms with Gasteiger partial charge in [0.25, 0.3) is 5.91 Å². The van der Waals surface area contributed by atoms with Gasteiger partial charge in [-0.1, -0.05) is 48.0 Å². The number of rotatable bonds is 12. The second-order valence-electron chi connectivity index (χ2n) is 8.43. The highest BCUT2D eigenvalue weighted by Gasteiger charge is 2.06. The lowest BCUT2D eigenvalue weighted by Crippen LogP contribution is -2.29. The fourth-order valence-corrected chi connectivity index (χ4v) is 3.89. The molecule has 1 heterocycles.